The fourth-order valence-corrected chi connectivity index (χ4v) is 2.73. The standard InChI is InChI=1S/C17H28N2O4/c1-6-17(21-12-14-11-13(2)18-23-14)7-9-19(10-8-17)15(20)22-16(3,4)5/h11H,6-10,12H2,1-5H3. The van der Waals surface area contributed by atoms with Crippen molar-refractivity contribution in [3.8, 4) is 0 Å². The summed E-state index contributed by atoms with van der Waals surface area (Å²) in [7, 11) is 0. The van der Waals surface area contributed by atoms with Gasteiger partial charge in [-0.05, 0) is 47.0 Å². The van der Waals surface area contributed by atoms with Gasteiger partial charge in [-0.1, -0.05) is 12.1 Å². The summed E-state index contributed by atoms with van der Waals surface area (Å²) in [6, 6.07) is 1.89. The maximum absolute atomic E-state index is 12.1. The van der Waals surface area contributed by atoms with Gasteiger partial charge in [-0.25, -0.2) is 4.79 Å². The van der Waals surface area contributed by atoms with Crippen molar-refractivity contribution in [2.75, 3.05) is 13.1 Å². The zero-order valence-electron chi connectivity index (χ0n) is 14.8. The van der Waals surface area contributed by atoms with Crippen LogP contribution in [0.15, 0.2) is 10.6 Å². The summed E-state index contributed by atoms with van der Waals surface area (Å²) in [6.07, 6.45) is 2.27. The highest BCUT2D eigenvalue weighted by atomic mass is 16.6. The lowest BCUT2D eigenvalue weighted by atomic mass is 9.88. The number of carbonyl (C=O) groups is 1. The molecule has 6 heteroatoms. The second-order valence-electron chi connectivity index (χ2n) is 7.23. The Morgan fingerprint density at radius 2 is 2.04 bits per heavy atom. The van der Waals surface area contributed by atoms with Crippen LogP contribution in [0.4, 0.5) is 4.79 Å². The van der Waals surface area contributed by atoms with E-state index in [1.165, 1.54) is 0 Å². The van der Waals surface area contributed by atoms with Crippen LogP contribution in [0, 0.1) is 6.92 Å². The number of hydrogen-bond acceptors (Lipinski definition) is 5. The topological polar surface area (TPSA) is 64.8 Å². The quantitative estimate of drug-likeness (QED) is 0.845. The summed E-state index contributed by atoms with van der Waals surface area (Å²) < 4.78 is 16.8. The van der Waals surface area contributed by atoms with E-state index in [-0.39, 0.29) is 11.7 Å². The van der Waals surface area contributed by atoms with Crippen molar-refractivity contribution in [1.29, 1.82) is 0 Å². The molecule has 1 aliphatic rings. The Morgan fingerprint density at radius 1 is 1.39 bits per heavy atom. The third-order valence-corrected chi connectivity index (χ3v) is 4.17. The molecule has 0 spiro atoms. The first kappa shape index (κ1) is 17.8. The zero-order valence-corrected chi connectivity index (χ0v) is 14.8. The first-order valence-electron chi connectivity index (χ1n) is 8.27. The molecule has 1 fully saturated rings. The Kier molecular flexibility index (Phi) is 5.34. The summed E-state index contributed by atoms with van der Waals surface area (Å²) in [6.45, 7) is 11.4. The number of aromatic nitrogens is 1. The summed E-state index contributed by atoms with van der Waals surface area (Å²) in [4.78, 5) is 13.9. The number of nitrogens with zero attached hydrogens (tertiary/aromatic N) is 2. The Bertz CT molecular complexity index is 525. The minimum atomic E-state index is -0.461. The van der Waals surface area contributed by atoms with E-state index in [1.54, 1.807) is 4.90 Å². The van der Waals surface area contributed by atoms with Gasteiger partial charge < -0.3 is 18.9 Å². The minimum absolute atomic E-state index is 0.209. The average molecular weight is 324 g/mol. The number of amides is 1. The third kappa shape index (κ3) is 4.96. The predicted octanol–water partition coefficient (Wildman–Crippen LogP) is 3.68. The van der Waals surface area contributed by atoms with Crippen molar-refractivity contribution in [1.82, 2.24) is 10.1 Å². The molecule has 6 nitrogen and oxygen atoms in total. The Hall–Kier alpha value is -1.56. The molecular formula is C17H28N2O4. The lowest BCUT2D eigenvalue weighted by Crippen LogP contribution is -2.49. The van der Waals surface area contributed by atoms with Crippen LogP contribution in [0.2, 0.25) is 0 Å². The van der Waals surface area contributed by atoms with Crippen LogP contribution in [0.25, 0.3) is 0 Å². The lowest BCUT2D eigenvalue weighted by molar-refractivity contribution is -0.100. The zero-order chi connectivity index (χ0) is 17.1. The molecule has 1 aliphatic heterocycles. The summed E-state index contributed by atoms with van der Waals surface area (Å²) in [5.74, 6) is 0.741. The van der Waals surface area contributed by atoms with E-state index in [2.05, 4.69) is 12.1 Å². The van der Waals surface area contributed by atoms with Crippen LogP contribution >= 0.6 is 0 Å². The molecule has 0 atom stereocenters. The van der Waals surface area contributed by atoms with Crippen LogP contribution in [0.1, 0.15) is 58.4 Å². The molecule has 0 aliphatic carbocycles. The molecule has 0 N–H and O–H groups in total. The van der Waals surface area contributed by atoms with Gasteiger partial charge in [-0.3, -0.25) is 0 Å². The number of likely N-dealkylation sites (tertiary alicyclic amines) is 1. The highest BCUT2D eigenvalue weighted by molar-refractivity contribution is 5.68. The van der Waals surface area contributed by atoms with Crippen molar-refractivity contribution < 1.29 is 18.8 Å². The van der Waals surface area contributed by atoms with E-state index in [4.69, 9.17) is 14.0 Å². The number of hydrogen-bond donors (Lipinski definition) is 0. The second-order valence-corrected chi connectivity index (χ2v) is 7.23. The number of carbonyl (C=O) groups excluding carboxylic acids is 1. The Labute approximate surface area is 138 Å². The molecule has 0 bridgehead atoms. The molecule has 1 amide bonds. The van der Waals surface area contributed by atoms with Crippen molar-refractivity contribution >= 4 is 6.09 Å². The molecule has 0 saturated carbocycles. The summed E-state index contributed by atoms with van der Waals surface area (Å²) in [5.41, 5.74) is 0.185. The fraction of sp³-hybridized carbons (Fsp3) is 0.765. The van der Waals surface area contributed by atoms with E-state index < -0.39 is 5.60 Å². The molecule has 0 radical (unpaired) electrons. The Morgan fingerprint density at radius 3 is 2.52 bits per heavy atom. The molecule has 23 heavy (non-hydrogen) atoms. The van der Waals surface area contributed by atoms with Gasteiger partial charge in [0.05, 0.1) is 11.3 Å². The number of piperidine rings is 1. The molecule has 1 saturated heterocycles. The molecule has 2 heterocycles. The van der Waals surface area contributed by atoms with Crippen LogP contribution in [0.5, 0.6) is 0 Å². The van der Waals surface area contributed by atoms with E-state index in [0.29, 0.717) is 19.7 Å². The van der Waals surface area contributed by atoms with Gasteiger partial charge in [-0.2, -0.15) is 0 Å². The van der Waals surface area contributed by atoms with Gasteiger partial charge in [0.1, 0.15) is 12.2 Å². The fourth-order valence-electron chi connectivity index (χ4n) is 2.73. The predicted molar refractivity (Wildman–Crippen MR) is 86.1 cm³/mol. The van der Waals surface area contributed by atoms with Crippen molar-refractivity contribution in [2.24, 2.45) is 0 Å². The van der Waals surface area contributed by atoms with Crippen LogP contribution in [0.3, 0.4) is 0 Å². The first-order chi connectivity index (χ1) is 10.7. The molecule has 1 aromatic rings. The SMILES string of the molecule is CCC1(OCc2cc(C)no2)CCN(C(=O)OC(C)(C)C)CC1. The lowest BCUT2D eigenvalue weighted by Gasteiger charge is -2.41. The molecular weight excluding hydrogens is 296 g/mol. The highest BCUT2D eigenvalue weighted by Gasteiger charge is 2.36. The molecule has 0 aromatic carbocycles. The maximum atomic E-state index is 12.1. The maximum Gasteiger partial charge on any atom is 0.410 e. The summed E-state index contributed by atoms with van der Waals surface area (Å²) in [5, 5.41) is 3.87. The van der Waals surface area contributed by atoms with Gasteiger partial charge >= 0.3 is 6.09 Å². The van der Waals surface area contributed by atoms with Gasteiger partial charge in [-0.15, -0.1) is 0 Å². The van der Waals surface area contributed by atoms with E-state index in [9.17, 15) is 4.79 Å². The van der Waals surface area contributed by atoms with Crippen LogP contribution < -0.4 is 0 Å². The number of ether oxygens (including phenoxy) is 2. The van der Waals surface area contributed by atoms with E-state index in [1.807, 2.05) is 33.8 Å². The first-order valence-corrected chi connectivity index (χ1v) is 8.27. The number of aryl methyl sites for hydroxylation is 1. The third-order valence-electron chi connectivity index (χ3n) is 4.17. The molecule has 2 rings (SSSR count). The highest BCUT2D eigenvalue weighted by Crippen LogP contribution is 2.31. The molecule has 130 valence electrons. The average Bonchev–Trinajstić information content (AvgIpc) is 2.89. The van der Waals surface area contributed by atoms with Crippen molar-refractivity contribution in [3.63, 3.8) is 0 Å². The smallest absolute Gasteiger partial charge is 0.410 e. The number of rotatable bonds is 4. The van der Waals surface area contributed by atoms with Crippen LogP contribution in [-0.2, 0) is 16.1 Å². The van der Waals surface area contributed by atoms with Crippen molar-refractivity contribution in [3.05, 3.63) is 17.5 Å². The largest absolute Gasteiger partial charge is 0.444 e. The normalized spacial score (nSPS) is 18.0. The van der Waals surface area contributed by atoms with Crippen LogP contribution in [-0.4, -0.2) is 40.4 Å². The monoisotopic (exact) mass is 324 g/mol. The van der Waals surface area contributed by atoms with Crippen molar-refractivity contribution in [2.45, 2.75) is 71.7 Å². The van der Waals surface area contributed by atoms with Gasteiger partial charge in [0.2, 0.25) is 0 Å². The van der Waals surface area contributed by atoms with E-state index >= 15 is 0 Å². The molecule has 1 aromatic heterocycles. The molecule has 0 unspecified atom stereocenters. The Balaban J connectivity index is 1.87. The van der Waals surface area contributed by atoms with Gasteiger partial charge in [0, 0.05) is 19.2 Å². The van der Waals surface area contributed by atoms with Gasteiger partial charge in [0.25, 0.3) is 0 Å². The minimum Gasteiger partial charge on any atom is -0.444 e. The second kappa shape index (κ2) is 6.91. The summed E-state index contributed by atoms with van der Waals surface area (Å²) >= 11 is 0. The van der Waals surface area contributed by atoms with E-state index in [0.717, 1.165) is 30.7 Å². The van der Waals surface area contributed by atoms with Gasteiger partial charge in [0.15, 0.2) is 5.76 Å².